The highest BCUT2D eigenvalue weighted by Crippen LogP contribution is 2.10. The molecule has 4 nitrogen and oxygen atoms in total. The summed E-state index contributed by atoms with van der Waals surface area (Å²) in [5, 5.41) is 2.85. The number of benzene rings is 1. The minimum atomic E-state index is -0.144. The highest BCUT2D eigenvalue weighted by atomic mass is 16.2. The van der Waals surface area contributed by atoms with E-state index in [-0.39, 0.29) is 11.9 Å². The first-order chi connectivity index (χ1) is 7.54. The molecule has 0 radical (unpaired) electrons. The number of carbonyl (C=O) groups excluding carboxylic acids is 1. The normalized spacial score (nSPS) is 12.6. The number of rotatable bonds is 4. The van der Waals surface area contributed by atoms with Gasteiger partial charge in [-0.3, -0.25) is 9.69 Å². The smallest absolute Gasteiger partial charge is 0.241 e. The Hall–Kier alpha value is -1.39. The van der Waals surface area contributed by atoms with Crippen molar-refractivity contribution in [2.45, 2.75) is 19.5 Å². The molecule has 0 aromatic heterocycles. The molecule has 0 aliphatic heterocycles. The quantitative estimate of drug-likeness (QED) is 0.798. The molecule has 0 aliphatic carbocycles. The molecule has 1 atom stereocenters. The molecular formula is C12H19N3O. The van der Waals surface area contributed by atoms with Crippen LogP contribution >= 0.6 is 0 Å². The zero-order chi connectivity index (χ0) is 12.1. The van der Waals surface area contributed by atoms with Gasteiger partial charge in [-0.25, -0.2) is 0 Å². The standard InChI is InChI=1S/C12H19N3O/c1-9(15(2)3)12(16)14-11-6-4-10(8-13)5-7-11/h4-7,9H,8,13H2,1-3H3,(H,14,16). The molecule has 3 N–H and O–H groups in total. The van der Waals surface area contributed by atoms with Crippen molar-refractivity contribution in [1.82, 2.24) is 4.90 Å². The van der Waals surface area contributed by atoms with Crippen LogP contribution in [0.25, 0.3) is 0 Å². The third-order valence-electron chi connectivity index (χ3n) is 2.61. The van der Waals surface area contributed by atoms with Gasteiger partial charge in [-0.1, -0.05) is 12.1 Å². The van der Waals surface area contributed by atoms with Gasteiger partial charge in [-0.15, -0.1) is 0 Å². The zero-order valence-corrected chi connectivity index (χ0v) is 10.0. The van der Waals surface area contributed by atoms with Crippen molar-refractivity contribution in [2.75, 3.05) is 19.4 Å². The van der Waals surface area contributed by atoms with Crippen molar-refractivity contribution in [1.29, 1.82) is 0 Å². The minimum absolute atomic E-state index is 0.00880. The van der Waals surface area contributed by atoms with Crippen molar-refractivity contribution in [3.05, 3.63) is 29.8 Å². The van der Waals surface area contributed by atoms with Crippen LogP contribution < -0.4 is 11.1 Å². The molecular weight excluding hydrogens is 202 g/mol. The number of likely N-dealkylation sites (N-methyl/N-ethyl adjacent to an activating group) is 1. The molecule has 1 aromatic carbocycles. The summed E-state index contributed by atoms with van der Waals surface area (Å²) in [5.74, 6) is -0.00880. The van der Waals surface area contributed by atoms with Gasteiger partial charge in [0.15, 0.2) is 0 Å². The van der Waals surface area contributed by atoms with E-state index in [0.29, 0.717) is 6.54 Å². The third-order valence-corrected chi connectivity index (χ3v) is 2.61. The van der Waals surface area contributed by atoms with Gasteiger partial charge in [0.05, 0.1) is 6.04 Å². The molecule has 0 heterocycles. The Kier molecular flexibility index (Phi) is 4.46. The number of hydrogen-bond donors (Lipinski definition) is 2. The van der Waals surface area contributed by atoms with E-state index in [4.69, 9.17) is 5.73 Å². The molecule has 1 amide bonds. The van der Waals surface area contributed by atoms with E-state index < -0.39 is 0 Å². The van der Waals surface area contributed by atoms with E-state index in [1.54, 1.807) is 0 Å². The Bertz CT molecular complexity index is 346. The lowest BCUT2D eigenvalue weighted by Crippen LogP contribution is -2.37. The molecule has 0 saturated carbocycles. The second-order valence-corrected chi connectivity index (χ2v) is 4.03. The van der Waals surface area contributed by atoms with E-state index in [1.807, 2.05) is 50.2 Å². The minimum Gasteiger partial charge on any atom is -0.326 e. The van der Waals surface area contributed by atoms with Gasteiger partial charge in [0.2, 0.25) is 5.91 Å². The fourth-order valence-corrected chi connectivity index (χ4v) is 1.21. The fourth-order valence-electron chi connectivity index (χ4n) is 1.21. The zero-order valence-electron chi connectivity index (χ0n) is 10.0. The van der Waals surface area contributed by atoms with Crippen molar-refractivity contribution < 1.29 is 4.79 Å². The maximum absolute atomic E-state index is 11.7. The highest BCUT2D eigenvalue weighted by Gasteiger charge is 2.14. The number of nitrogens with zero attached hydrogens (tertiary/aromatic N) is 1. The van der Waals surface area contributed by atoms with Crippen LogP contribution in [-0.4, -0.2) is 30.9 Å². The summed E-state index contributed by atoms with van der Waals surface area (Å²) in [6.45, 7) is 2.38. The first-order valence-electron chi connectivity index (χ1n) is 5.31. The number of amides is 1. The van der Waals surface area contributed by atoms with Crippen LogP contribution in [0.4, 0.5) is 5.69 Å². The second kappa shape index (κ2) is 5.63. The number of carbonyl (C=O) groups is 1. The first kappa shape index (κ1) is 12.7. The van der Waals surface area contributed by atoms with E-state index >= 15 is 0 Å². The van der Waals surface area contributed by atoms with Gasteiger partial charge in [0.1, 0.15) is 0 Å². The van der Waals surface area contributed by atoms with Gasteiger partial charge in [0.25, 0.3) is 0 Å². The molecule has 1 rings (SSSR count). The first-order valence-corrected chi connectivity index (χ1v) is 5.31. The summed E-state index contributed by atoms with van der Waals surface area (Å²) >= 11 is 0. The van der Waals surface area contributed by atoms with Crippen LogP contribution in [0, 0.1) is 0 Å². The van der Waals surface area contributed by atoms with E-state index in [0.717, 1.165) is 11.3 Å². The lowest BCUT2D eigenvalue weighted by Gasteiger charge is -2.18. The third kappa shape index (κ3) is 3.32. The lowest BCUT2D eigenvalue weighted by atomic mass is 10.2. The molecule has 1 unspecified atom stereocenters. The molecule has 0 bridgehead atoms. The summed E-state index contributed by atoms with van der Waals surface area (Å²) in [6.07, 6.45) is 0. The average Bonchev–Trinajstić information content (AvgIpc) is 2.28. The molecule has 0 fully saturated rings. The van der Waals surface area contributed by atoms with Crippen LogP contribution in [0.2, 0.25) is 0 Å². The Morgan fingerprint density at radius 2 is 1.94 bits per heavy atom. The predicted octanol–water partition coefficient (Wildman–Crippen LogP) is 1.03. The van der Waals surface area contributed by atoms with Gasteiger partial charge >= 0.3 is 0 Å². The maximum Gasteiger partial charge on any atom is 0.241 e. The molecule has 88 valence electrons. The molecule has 0 spiro atoms. The molecule has 1 aromatic rings. The fraction of sp³-hybridized carbons (Fsp3) is 0.417. The molecule has 16 heavy (non-hydrogen) atoms. The summed E-state index contributed by atoms with van der Waals surface area (Å²) in [7, 11) is 3.75. The number of hydrogen-bond acceptors (Lipinski definition) is 3. The molecule has 0 saturated heterocycles. The van der Waals surface area contributed by atoms with Crippen LogP contribution in [0.1, 0.15) is 12.5 Å². The van der Waals surface area contributed by atoms with Crippen molar-refractivity contribution in [3.8, 4) is 0 Å². The van der Waals surface area contributed by atoms with Crippen LogP contribution in [0.15, 0.2) is 24.3 Å². The lowest BCUT2D eigenvalue weighted by molar-refractivity contribution is -0.119. The van der Waals surface area contributed by atoms with E-state index in [9.17, 15) is 4.79 Å². The highest BCUT2D eigenvalue weighted by molar-refractivity contribution is 5.94. The monoisotopic (exact) mass is 221 g/mol. The SMILES string of the molecule is CC(C(=O)Nc1ccc(CN)cc1)N(C)C. The Labute approximate surface area is 96.4 Å². The predicted molar refractivity (Wildman–Crippen MR) is 66.1 cm³/mol. The van der Waals surface area contributed by atoms with Crippen LogP contribution in [0.3, 0.4) is 0 Å². The molecule has 0 aliphatic rings. The van der Waals surface area contributed by atoms with Gasteiger partial charge in [-0.05, 0) is 38.7 Å². The number of nitrogens with one attached hydrogen (secondary N) is 1. The largest absolute Gasteiger partial charge is 0.326 e. The number of nitrogens with two attached hydrogens (primary N) is 1. The van der Waals surface area contributed by atoms with E-state index in [2.05, 4.69) is 5.32 Å². The summed E-state index contributed by atoms with van der Waals surface area (Å²) in [4.78, 5) is 13.6. The van der Waals surface area contributed by atoms with Crippen LogP contribution in [-0.2, 0) is 11.3 Å². The van der Waals surface area contributed by atoms with Gasteiger partial charge in [-0.2, -0.15) is 0 Å². The van der Waals surface area contributed by atoms with Gasteiger partial charge in [0, 0.05) is 12.2 Å². The summed E-state index contributed by atoms with van der Waals surface area (Å²) < 4.78 is 0. The second-order valence-electron chi connectivity index (χ2n) is 4.03. The Morgan fingerprint density at radius 1 is 1.38 bits per heavy atom. The number of anilines is 1. The summed E-state index contributed by atoms with van der Waals surface area (Å²) in [6, 6.07) is 7.41. The van der Waals surface area contributed by atoms with Crippen LogP contribution in [0.5, 0.6) is 0 Å². The van der Waals surface area contributed by atoms with E-state index in [1.165, 1.54) is 0 Å². The van der Waals surface area contributed by atoms with Crippen molar-refractivity contribution in [2.24, 2.45) is 5.73 Å². The van der Waals surface area contributed by atoms with Crippen molar-refractivity contribution >= 4 is 11.6 Å². The van der Waals surface area contributed by atoms with Crippen molar-refractivity contribution in [3.63, 3.8) is 0 Å². The summed E-state index contributed by atoms with van der Waals surface area (Å²) in [5.41, 5.74) is 7.35. The average molecular weight is 221 g/mol. The molecule has 4 heteroatoms. The van der Waals surface area contributed by atoms with Gasteiger partial charge < -0.3 is 11.1 Å². The Balaban J connectivity index is 2.62. The maximum atomic E-state index is 11.7. The Morgan fingerprint density at radius 3 is 2.38 bits per heavy atom. The topological polar surface area (TPSA) is 58.4 Å².